The van der Waals surface area contributed by atoms with E-state index < -0.39 is 10.0 Å². The minimum Gasteiger partial charge on any atom is -0.267 e. The minimum atomic E-state index is -3.50. The van der Waals surface area contributed by atoms with Crippen LogP contribution in [-0.4, -0.2) is 26.8 Å². The van der Waals surface area contributed by atoms with E-state index in [1.165, 1.54) is 21.7 Å². The Hall–Kier alpha value is -3.45. The van der Waals surface area contributed by atoms with Crippen LogP contribution >= 0.6 is 0 Å². The van der Waals surface area contributed by atoms with Crippen LogP contribution < -0.4 is 9.73 Å². The Morgan fingerprint density at radius 2 is 1.59 bits per heavy atom. The van der Waals surface area contributed by atoms with E-state index in [2.05, 4.69) is 24.4 Å². The number of carbonyl (C=O) groups is 1. The summed E-state index contributed by atoms with van der Waals surface area (Å²) in [6, 6.07) is 19.8. The summed E-state index contributed by atoms with van der Waals surface area (Å²) < 4.78 is 26.0. The number of carbonyl (C=O) groups excluding carboxylic acids is 1. The Morgan fingerprint density at radius 3 is 2.22 bits per heavy atom. The monoisotopic (exact) mass is 449 g/mol. The molecule has 1 N–H and O–H groups in total. The summed E-state index contributed by atoms with van der Waals surface area (Å²) in [5, 5.41) is 4.07. The lowest BCUT2D eigenvalue weighted by Gasteiger charge is -2.22. The van der Waals surface area contributed by atoms with Gasteiger partial charge in [0.15, 0.2) is 0 Å². The van der Waals surface area contributed by atoms with Gasteiger partial charge in [-0.15, -0.1) is 0 Å². The van der Waals surface area contributed by atoms with Crippen molar-refractivity contribution in [1.82, 2.24) is 5.43 Å². The van der Waals surface area contributed by atoms with Gasteiger partial charge in [-0.1, -0.05) is 42.5 Å². The maximum absolute atomic E-state index is 12.5. The van der Waals surface area contributed by atoms with Gasteiger partial charge in [0, 0.05) is 5.56 Å². The molecule has 32 heavy (non-hydrogen) atoms. The molecule has 0 saturated heterocycles. The molecular weight excluding hydrogens is 422 g/mol. The van der Waals surface area contributed by atoms with Crippen molar-refractivity contribution in [3.63, 3.8) is 0 Å². The number of hydrogen-bond donors (Lipinski definition) is 1. The third-order valence-corrected chi connectivity index (χ3v) is 6.60. The van der Waals surface area contributed by atoms with Gasteiger partial charge in [-0.25, -0.2) is 13.8 Å². The van der Waals surface area contributed by atoms with Gasteiger partial charge in [0.05, 0.1) is 24.7 Å². The molecule has 0 fully saturated rings. The quantitative estimate of drug-likeness (QED) is 0.430. The molecule has 0 atom stereocenters. The van der Waals surface area contributed by atoms with E-state index in [1.54, 1.807) is 30.5 Å². The molecule has 0 heterocycles. The van der Waals surface area contributed by atoms with Crippen LogP contribution in [0.4, 0.5) is 5.69 Å². The molecule has 3 aromatic rings. The van der Waals surface area contributed by atoms with Crippen LogP contribution in [0, 0.1) is 20.8 Å². The van der Waals surface area contributed by atoms with E-state index in [4.69, 9.17) is 0 Å². The van der Waals surface area contributed by atoms with Crippen molar-refractivity contribution in [2.45, 2.75) is 27.3 Å². The van der Waals surface area contributed by atoms with Crippen LogP contribution in [0.25, 0.3) is 0 Å². The average molecular weight is 450 g/mol. The number of benzene rings is 3. The lowest BCUT2D eigenvalue weighted by molar-refractivity contribution is 0.0955. The number of aryl methyl sites for hydroxylation is 1. The van der Waals surface area contributed by atoms with Crippen molar-refractivity contribution in [1.29, 1.82) is 0 Å². The fourth-order valence-corrected chi connectivity index (χ4v) is 4.16. The third kappa shape index (κ3) is 5.62. The Labute approximate surface area is 189 Å². The number of nitrogens with one attached hydrogen (secondary N) is 1. The maximum atomic E-state index is 12.5. The molecule has 6 nitrogen and oxygen atoms in total. The van der Waals surface area contributed by atoms with Gasteiger partial charge in [0.25, 0.3) is 5.91 Å². The first-order valence-electron chi connectivity index (χ1n) is 10.2. The molecule has 166 valence electrons. The van der Waals surface area contributed by atoms with E-state index in [9.17, 15) is 13.2 Å². The number of hydrogen-bond acceptors (Lipinski definition) is 4. The molecule has 1 amide bonds. The smallest absolute Gasteiger partial charge is 0.267 e. The standard InChI is InChI=1S/C25H27N3O3S/c1-18-10-11-23(20(3)19(18)2)16-26-27-25(29)22-12-14-24(15-13-22)28(32(4,30)31)17-21-8-6-5-7-9-21/h5-16H,17H2,1-4H3,(H,27,29). The number of sulfonamides is 1. The SMILES string of the molecule is Cc1ccc(C=NNC(=O)c2ccc(N(Cc3ccccc3)S(C)(=O)=O)cc2)c(C)c1C. The highest BCUT2D eigenvalue weighted by Gasteiger charge is 2.18. The highest BCUT2D eigenvalue weighted by Crippen LogP contribution is 2.21. The summed E-state index contributed by atoms with van der Waals surface area (Å²) in [7, 11) is -3.50. The zero-order valence-electron chi connectivity index (χ0n) is 18.7. The molecule has 0 saturated carbocycles. The Balaban J connectivity index is 1.72. The van der Waals surface area contributed by atoms with Gasteiger partial charge in [0.2, 0.25) is 10.0 Å². The zero-order valence-corrected chi connectivity index (χ0v) is 19.5. The number of rotatable bonds is 7. The van der Waals surface area contributed by atoms with Gasteiger partial charge < -0.3 is 0 Å². The fraction of sp³-hybridized carbons (Fsp3) is 0.200. The zero-order chi connectivity index (χ0) is 23.3. The summed E-state index contributed by atoms with van der Waals surface area (Å²) in [6.07, 6.45) is 2.79. The number of hydrazone groups is 1. The fourth-order valence-electron chi connectivity index (χ4n) is 3.27. The predicted molar refractivity (Wildman–Crippen MR) is 130 cm³/mol. The number of amides is 1. The van der Waals surface area contributed by atoms with Gasteiger partial charge in [-0.05, 0) is 72.9 Å². The molecule has 3 rings (SSSR count). The number of anilines is 1. The van der Waals surface area contributed by atoms with Crippen molar-refractivity contribution < 1.29 is 13.2 Å². The van der Waals surface area contributed by atoms with Gasteiger partial charge in [-0.3, -0.25) is 9.10 Å². The highest BCUT2D eigenvalue weighted by atomic mass is 32.2. The molecule has 0 aliphatic heterocycles. The van der Waals surface area contributed by atoms with Gasteiger partial charge >= 0.3 is 0 Å². The molecule has 3 aromatic carbocycles. The Kier molecular flexibility index (Phi) is 7.10. The summed E-state index contributed by atoms with van der Waals surface area (Å²) in [5.41, 5.74) is 8.73. The van der Waals surface area contributed by atoms with Crippen LogP contribution in [0.1, 0.15) is 38.2 Å². The second-order valence-corrected chi connectivity index (χ2v) is 9.63. The molecule has 0 radical (unpaired) electrons. The van der Waals surface area contributed by atoms with E-state index in [1.807, 2.05) is 49.4 Å². The number of nitrogens with zero attached hydrogens (tertiary/aromatic N) is 2. The lowest BCUT2D eigenvalue weighted by atomic mass is 10.00. The molecule has 0 spiro atoms. The first-order valence-corrected chi connectivity index (χ1v) is 12.0. The van der Waals surface area contributed by atoms with E-state index >= 15 is 0 Å². The average Bonchev–Trinajstić information content (AvgIpc) is 2.77. The molecule has 0 aliphatic rings. The largest absolute Gasteiger partial charge is 0.271 e. The Bertz CT molecular complexity index is 1240. The van der Waals surface area contributed by atoms with Crippen LogP contribution in [-0.2, 0) is 16.6 Å². The van der Waals surface area contributed by atoms with Crippen molar-refractivity contribution in [3.05, 3.63) is 100 Å². The van der Waals surface area contributed by atoms with Crippen LogP contribution in [0.5, 0.6) is 0 Å². The van der Waals surface area contributed by atoms with Crippen LogP contribution in [0.2, 0.25) is 0 Å². The van der Waals surface area contributed by atoms with Crippen LogP contribution in [0.3, 0.4) is 0 Å². The van der Waals surface area contributed by atoms with E-state index in [-0.39, 0.29) is 12.5 Å². The molecule has 0 bridgehead atoms. The highest BCUT2D eigenvalue weighted by molar-refractivity contribution is 7.92. The summed E-state index contributed by atoms with van der Waals surface area (Å²) >= 11 is 0. The molecule has 7 heteroatoms. The van der Waals surface area contributed by atoms with Crippen LogP contribution in [0.15, 0.2) is 71.8 Å². The molecule has 0 aromatic heterocycles. The van der Waals surface area contributed by atoms with E-state index in [0.717, 1.165) is 16.7 Å². The minimum absolute atomic E-state index is 0.213. The van der Waals surface area contributed by atoms with E-state index in [0.29, 0.717) is 11.3 Å². The maximum Gasteiger partial charge on any atom is 0.271 e. The predicted octanol–water partition coefficient (Wildman–Crippen LogP) is 4.34. The van der Waals surface area contributed by atoms with Gasteiger partial charge in [0.1, 0.15) is 0 Å². The summed E-state index contributed by atoms with van der Waals surface area (Å²) in [5.74, 6) is -0.372. The first kappa shape index (κ1) is 23.2. The summed E-state index contributed by atoms with van der Waals surface area (Å²) in [6.45, 7) is 6.34. The second-order valence-electron chi connectivity index (χ2n) is 7.72. The molecular formula is C25H27N3O3S. The first-order chi connectivity index (χ1) is 15.2. The normalized spacial score (nSPS) is 11.5. The summed E-state index contributed by atoms with van der Waals surface area (Å²) in [4.78, 5) is 12.5. The van der Waals surface area contributed by atoms with Crippen molar-refractivity contribution in [2.75, 3.05) is 10.6 Å². The lowest BCUT2D eigenvalue weighted by Crippen LogP contribution is -2.29. The van der Waals surface area contributed by atoms with Gasteiger partial charge in [-0.2, -0.15) is 5.10 Å². The molecule has 0 aliphatic carbocycles. The Morgan fingerprint density at radius 1 is 0.938 bits per heavy atom. The van der Waals surface area contributed by atoms with Crippen molar-refractivity contribution in [3.8, 4) is 0 Å². The molecule has 0 unspecified atom stereocenters. The topological polar surface area (TPSA) is 78.8 Å². The van der Waals surface area contributed by atoms with Crippen molar-refractivity contribution >= 4 is 27.8 Å². The third-order valence-electron chi connectivity index (χ3n) is 5.46. The van der Waals surface area contributed by atoms with Crippen molar-refractivity contribution in [2.24, 2.45) is 5.10 Å². The second kappa shape index (κ2) is 9.78.